The van der Waals surface area contributed by atoms with Crippen LogP contribution in [-0.4, -0.2) is 22.0 Å². The molecule has 2 aromatic carbocycles. The molecular weight excluding hydrogens is 352 g/mol. The lowest BCUT2D eigenvalue weighted by molar-refractivity contribution is -0.341. The van der Waals surface area contributed by atoms with Gasteiger partial charge in [-0.05, 0) is 47.7 Å². The van der Waals surface area contributed by atoms with Crippen LogP contribution in [0.3, 0.4) is 0 Å². The summed E-state index contributed by atoms with van der Waals surface area (Å²) < 4.78 is 11.5. The van der Waals surface area contributed by atoms with Crippen LogP contribution in [-0.2, 0) is 9.47 Å². The van der Waals surface area contributed by atoms with E-state index in [1.54, 1.807) is 6.08 Å². The lowest BCUT2D eigenvalue weighted by atomic mass is 9.94. The standard InChI is InChI=1S/C21H21ClO4/c22-17-10-8-15(9-11-17)18-7-3-2-6-16(18)14-19-21(23,24)26-20(25-19)12-4-1-5-13-20/h2-3,6-11,14,23-24H,1,4-5,12-13H2. The number of ether oxygens (including phenoxy) is 2. The van der Waals surface area contributed by atoms with Gasteiger partial charge in [0.2, 0.25) is 5.79 Å². The van der Waals surface area contributed by atoms with E-state index in [-0.39, 0.29) is 5.76 Å². The van der Waals surface area contributed by atoms with Crippen molar-refractivity contribution in [1.29, 1.82) is 0 Å². The summed E-state index contributed by atoms with van der Waals surface area (Å²) >= 11 is 5.98. The molecule has 1 heterocycles. The molecule has 2 aliphatic rings. The van der Waals surface area contributed by atoms with Crippen molar-refractivity contribution in [2.45, 2.75) is 43.9 Å². The molecule has 1 spiro atoms. The van der Waals surface area contributed by atoms with Crippen molar-refractivity contribution >= 4 is 17.7 Å². The highest BCUT2D eigenvalue weighted by atomic mass is 35.5. The maximum atomic E-state index is 10.4. The van der Waals surface area contributed by atoms with Gasteiger partial charge in [-0.15, -0.1) is 0 Å². The van der Waals surface area contributed by atoms with E-state index < -0.39 is 11.8 Å². The fraction of sp³-hybridized carbons (Fsp3) is 0.333. The number of hydrogen-bond donors (Lipinski definition) is 2. The minimum absolute atomic E-state index is 0.0285. The molecule has 4 nitrogen and oxygen atoms in total. The fourth-order valence-electron chi connectivity index (χ4n) is 3.67. The average Bonchev–Trinajstić information content (AvgIpc) is 2.86. The van der Waals surface area contributed by atoms with Crippen LogP contribution in [0.25, 0.3) is 17.2 Å². The molecule has 2 N–H and O–H groups in total. The van der Waals surface area contributed by atoms with Gasteiger partial charge in [0.05, 0.1) is 0 Å². The summed E-state index contributed by atoms with van der Waals surface area (Å²) in [6, 6.07) is 15.2. The van der Waals surface area contributed by atoms with Gasteiger partial charge in [-0.2, -0.15) is 0 Å². The van der Waals surface area contributed by atoms with Crippen LogP contribution < -0.4 is 0 Å². The van der Waals surface area contributed by atoms with Gasteiger partial charge in [0, 0.05) is 17.9 Å². The molecule has 2 fully saturated rings. The normalized spacial score (nSPS) is 22.5. The zero-order chi connectivity index (χ0) is 18.2. The van der Waals surface area contributed by atoms with Crippen molar-refractivity contribution < 1.29 is 19.7 Å². The summed E-state index contributed by atoms with van der Waals surface area (Å²) in [5.74, 6) is -3.31. The van der Waals surface area contributed by atoms with Gasteiger partial charge in [0.1, 0.15) is 0 Å². The van der Waals surface area contributed by atoms with Crippen molar-refractivity contribution in [1.82, 2.24) is 0 Å². The Morgan fingerprint density at radius 2 is 1.62 bits per heavy atom. The quantitative estimate of drug-likeness (QED) is 0.750. The molecule has 0 bridgehead atoms. The van der Waals surface area contributed by atoms with E-state index in [1.165, 1.54) is 0 Å². The highest BCUT2D eigenvalue weighted by Crippen LogP contribution is 2.45. The first-order chi connectivity index (χ1) is 12.5. The Hall–Kier alpha value is -1.85. The monoisotopic (exact) mass is 372 g/mol. The molecule has 4 rings (SSSR count). The second kappa shape index (κ2) is 6.71. The minimum Gasteiger partial charge on any atom is -0.458 e. The molecule has 1 aliphatic heterocycles. The number of halogens is 1. The van der Waals surface area contributed by atoms with Gasteiger partial charge >= 0.3 is 5.97 Å². The zero-order valence-electron chi connectivity index (χ0n) is 14.3. The number of hydrogen-bond acceptors (Lipinski definition) is 4. The summed E-state index contributed by atoms with van der Waals surface area (Å²) in [5, 5.41) is 21.4. The largest absolute Gasteiger partial charge is 0.458 e. The van der Waals surface area contributed by atoms with Crippen molar-refractivity contribution in [3.63, 3.8) is 0 Å². The van der Waals surface area contributed by atoms with E-state index in [1.807, 2.05) is 48.5 Å². The third kappa shape index (κ3) is 3.38. The summed E-state index contributed by atoms with van der Waals surface area (Å²) in [6.07, 6.45) is 5.97. The van der Waals surface area contributed by atoms with Gasteiger partial charge in [0.25, 0.3) is 0 Å². The van der Waals surface area contributed by atoms with Crippen LogP contribution in [0.15, 0.2) is 54.3 Å². The molecule has 2 aromatic rings. The van der Waals surface area contributed by atoms with Crippen LogP contribution >= 0.6 is 11.6 Å². The third-order valence-electron chi connectivity index (χ3n) is 4.96. The molecule has 1 saturated carbocycles. The molecule has 1 aliphatic carbocycles. The van der Waals surface area contributed by atoms with E-state index in [2.05, 4.69) is 0 Å². The Morgan fingerprint density at radius 1 is 0.923 bits per heavy atom. The molecule has 26 heavy (non-hydrogen) atoms. The zero-order valence-corrected chi connectivity index (χ0v) is 15.1. The summed E-state index contributed by atoms with van der Waals surface area (Å²) in [7, 11) is 0. The van der Waals surface area contributed by atoms with E-state index in [0.717, 1.165) is 36.0 Å². The smallest absolute Gasteiger partial charge is 0.344 e. The first-order valence-corrected chi connectivity index (χ1v) is 9.26. The minimum atomic E-state index is -2.41. The van der Waals surface area contributed by atoms with Crippen molar-refractivity contribution in [2.24, 2.45) is 0 Å². The predicted molar refractivity (Wildman–Crippen MR) is 100 cm³/mol. The molecule has 0 atom stereocenters. The Balaban J connectivity index is 1.71. The maximum absolute atomic E-state index is 10.4. The second-order valence-corrected chi connectivity index (χ2v) is 7.32. The molecule has 0 radical (unpaired) electrons. The van der Waals surface area contributed by atoms with Crippen molar-refractivity contribution in [3.05, 3.63) is 64.9 Å². The highest BCUT2D eigenvalue weighted by molar-refractivity contribution is 6.30. The van der Waals surface area contributed by atoms with E-state index in [4.69, 9.17) is 21.1 Å². The van der Waals surface area contributed by atoms with Gasteiger partial charge in [0.15, 0.2) is 5.76 Å². The summed E-state index contributed by atoms with van der Waals surface area (Å²) in [6.45, 7) is 0. The lowest BCUT2D eigenvalue weighted by Crippen LogP contribution is -2.37. The van der Waals surface area contributed by atoms with Gasteiger partial charge < -0.3 is 14.9 Å². The highest BCUT2D eigenvalue weighted by Gasteiger charge is 2.54. The average molecular weight is 373 g/mol. The molecule has 0 aromatic heterocycles. The van der Waals surface area contributed by atoms with Crippen LogP contribution in [0.1, 0.15) is 37.7 Å². The van der Waals surface area contributed by atoms with Gasteiger partial charge in [-0.25, -0.2) is 0 Å². The maximum Gasteiger partial charge on any atom is 0.344 e. The summed E-state index contributed by atoms with van der Waals surface area (Å²) in [5.41, 5.74) is 2.74. The Bertz CT molecular complexity index is 820. The van der Waals surface area contributed by atoms with Crippen molar-refractivity contribution in [3.8, 4) is 11.1 Å². The van der Waals surface area contributed by atoms with Crippen LogP contribution in [0, 0.1) is 0 Å². The number of aliphatic hydroxyl groups is 2. The lowest BCUT2D eigenvalue weighted by Gasteiger charge is -2.30. The van der Waals surface area contributed by atoms with E-state index in [0.29, 0.717) is 17.9 Å². The SMILES string of the molecule is OC1(O)OC2(CCCCC2)OC1=Cc1ccccc1-c1ccc(Cl)cc1. The Morgan fingerprint density at radius 3 is 2.35 bits per heavy atom. The second-order valence-electron chi connectivity index (χ2n) is 6.89. The molecule has 1 saturated heterocycles. The summed E-state index contributed by atoms with van der Waals surface area (Å²) in [4.78, 5) is 0. The number of rotatable bonds is 2. The van der Waals surface area contributed by atoms with Crippen LogP contribution in [0.5, 0.6) is 0 Å². The molecule has 0 amide bonds. The van der Waals surface area contributed by atoms with Crippen LogP contribution in [0.2, 0.25) is 5.02 Å². The van der Waals surface area contributed by atoms with Gasteiger partial charge in [-0.3, -0.25) is 4.74 Å². The first-order valence-electron chi connectivity index (χ1n) is 8.89. The van der Waals surface area contributed by atoms with Crippen molar-refractivity contribution in [2.75, 3.05) is 0 Å². The predicted octanol–water partition coefficient (Wildman–Crippen LogP) is 4.69. The molecule has 5 heteroatoms. The fourth-order valence-corrected chi connectivity index (χ4v) is 3.80. The molecule has 0 unspecified atom stereocenters. The van der Waals surface area contributed by atoms with Gasteiger partial charge in [-0.1, -0.05) is 54.4 Å². The molecule has 136 valence electrons. The number of benzene rings is 2. The van der Waals surface area contributed by atoms with E-state index >= 15 is 0 Å². The Kier molecular flexibility index (Phi) is 4.53. The topological polar surface area (TPSA) is 58.9 Å². The Labute approximate surface area is 157 Å². The van der Waals surface area contributed by atoms with E-state index in [9.17, 15) is 10.2 Å². The molecular formula is C21H21ClO4. The third-order valence-corrected chi connectivity index (χ3v) is 5.22. The van der Waals surface area contributed by atoms with Crippen LogP contribution in [0.4, 0.5) is 0 Å². The first kappa shape index (κ1) is 17.6.